The second-order valence-electron chi connectivity index (χ2n) is 32.1. The number of ether oxygens (including phenoxy) is 2. The molecule has 2 bridgehead atoms. The van der Waals surface area contributed by atoms with Crippen molar-refractivity contribution in [2.75, 3.05) is 124 Å². The van der Waals surface area contributed by atoms with Gasteiger partial charge >= 0.3 is 0 Å². The minimum Gasteiger partial charge on any atom is -0.489 e. The first-order valence-corrected chi connectivity index (χ1v) is 45.9. The molecular weight excluding hydrogens is 1530 g/mol. The van der Waals surface area contributed by atoms with Crippen molar-refractivity contribution >= 4 is 100 Å². The lowest BCUT2D eigenvalue weighted by Gasteiger charge is -2.36. The van der Waals surface area contributed by atoms with Crippen LogP contribution in [0, 0.1) is 0 Å². The van der Waals surface area contributed by atoms with Gasteiger partial charge in [-0.3, -0.25) is 28.8 Å². The first-order chi connectivity index (χ1) is 57.2. The summed E-state index contributed by atoms with van der Waals surface area (Å²) in [6.45, 7) is 15.5. The maximum absolute atomic E-state index is 13.6. The molecule has 0 atom stereocenters. The quantitative estimate of drug-likeness (QED) is 0.0306. The maximum atomic E-state index is 13.6. The topological polar surface area (TPSA) is 267 Å². The number of nitrogens with one attached hydrogen (secondary N) is 4. The second kappa shape index (κ2) is 38.5. The molecule has 26 heteroatoms. The van der Waals surface area contributed by atoms with Crippen LogP contribution in [0.25, 0.3) is 44.3 Å². The van der Waals surface area contributed by atoms with Crippen LogP contribution in [0.5, 0.6) is 11.5 Å². The largest absolute Gasteiger partial charge is 0.489 e. The zero-order valence-electron chi connectivity index (χ0n) is 68.2. The molecule has 6 amide bonds. The Labute approximate surface area is 693 Å². The monoisotopic (exact) mass is 1640 g/mol. The zero-order chi connectivity index (χ0) is 82.5. The molecule has 6 fully saturated rings. The number of anilines is 4. The van der Waals surface area contributed by atoms with Crippen molar-refractivity contribution in [3.05, 3.63) is 192 Å². The summed E-state index contributed by atoms with van der Waals surface area (Å²) in [5, 5.41) is 14.3. The number of nitrogens with zero attached hydrogens (tertiary/aromatic N) is 8. The van der Waals surface area contributed by atoms with Crippen molar-refractivity contribution in [3.63, 3.8) is 0 Å². The predicted molar refractivity (Wildman–Crippen MR) is 467 cm³/mol. The molecule has 4 N–H and O–H groups in total. The number of hydrogen-bond acceptors (Lipinski definition) is 14. The van der Waals surface area contributed by atoms with Gasteiger partial charge in [0.2, 0.25) is 43.7 Å². The van der Waals surface area contributed by atoms with Crippen molar-refractivity contribution in [2.45, 2.75) is 154 Å². The Morgan fingerprint density at radius 2 is 0.983 bits per heavy atom. The molecule has 6 aromatic carbocycles. The van der Waals surface area contributed by atoms with E-state index in [0.717, 1.165) is 155 Å². The van der Waals surface area contributed by atoms with Crippen LogP contribution in [0.15, 0.2) is 159 Å². The number of amides is 6. The van der Waals surface area contributed by atoms with Crippen molar-refractivity contribution < 1.29 is 55.1 Å². The normalized spacial score (nSPS) is 18.2. The summed E-state index contributed by atoms with van der Waals surface area (Å²) in [5.74, 6) is 1.72. The fraction of sp³-hybridized carbons (Fsp3) is 0.435. The molecule has 0 radical (unpaired) electrons. The van der Waals surface area contributed by atoms with Crippen LogP contribution in [0.2, 0.25) is 0 Å². The fourth-order valence-electron chi connectivity index (χ4n) is 18.0. The highest BCUT2D eigenvalue weighted by molar-refractivity contribution is 7.88. The molecule has 7 heterocycles. The maximum Gasteiger partial charge on any atom is 0.251 e. The van der Waals surface area contributed by atoms with Crippen LogP contribution in [-0.2, 0) is 65.5 Å². The summed E-state index contributed by atoms with van der Waals surface area (Å²) in [4.78, 5) is 87.2. The average Bonchev–Trinajstić information content (AvgIpc) is 1.59. The first-order valence-electron chi connectivity index (χ1n) is 42.2. The molecule has 2 saturated carbocycles. The fourth-order valence-corrected chi connectivity index (χ4v) is 19.7. The van der Waals surface area contributed by atoms with Crippen molar-refractivity contribution in [3.8, 4) is 34.0 Å². The summed E-state index contributed by atoms with van der Waals surface area (Å²) >= 11 is 0. The Bertz CT molecular complexity index is 5280. The number of rotatable bonds is 25. The van der Waals surface area contributed by atoms with Gasteiger partial charge in [-0.2, -0.15) is 8.61 Å². The van der Waals surface area contributed by atoms with Crippen LogP contribution >= 0.6 is 0 Å². The van der Waals surface area contributed by atoms with Gasteiger partial charge in [0.15, 0.2) is 0 Å². The summed E-state index contributed by atoms with van der Waals surface area (Å²) in [7, 11) is -6.56. The van der Waals surface area contributed by atoms with Gasteiger partial charge in [0.1, 0.15) is 37.8 Å². The zero-order valence-corrected chi connectivity index (χ0v) is 69.8. The molecule has 15 rings (SSSR count). The lowest BCUT2D eigenvalue weighted by Crippen LogP contribution is -2.48. The molecule has 7 aliphatic rings. The van der Waals surface area contributed by atoms with Gasteiger partial charge in [0, 0.05) is 160 Å². The van der Waals surface area contributed by atoms with E-state index >= 15 is 0 Å². The number of piperazine rings is 2. The summed E-state index contributed by atoms with van der Waals surface area (Å²) in [5.41, 5.74) is 14.6. The number of carbonyl (C=O) groups is 6. The molecule has 2 aromatic heterocycles. The van der Waals surface area contributed by atoms with E-state index in [9.17, 15) is 45.6 Å². The van der Waals surface area contributed by atoms with Crippen LogP contribution in [0.1, 0.15) is 170 Å². The smallest absolute Gasteiger partial charge is 0.251 e. The number of aromatic nitrogens is 2. The van der Waals surface area contributed by atoms with E-state index in [2.05, 4.69) is 89.8 Å². The van der Waals surface area contributed by atoms with Crippen molar-refractivity contribution in [1.29, 1.82) is 0 Å². The van der Waals surface area contributed by atoms with Crippen molar-refractivity contribution in [1.82, 2.24) is 39.0 Å². The van der Waals surface area contributed by atoms with E-state index in [4.69, 9.17) is 9.47 Å². The molecule has 624 valence electrons. The van der Waals surface area contributed by atoms with E-state index in [1.165, 1.54) is 45.1 Å². The Balaban J connectivity index is 0.000000194. The van der Waals surface area contributed by atoms with Crippen LogP contribution in [-0.4, -0.2) is 174 Å². The van der Waals surface area contributed by atoms with Gasteiger partial charge in [-0.05, 0) is 207 Å². The van der Waals surface area contributed by atoms with Crippen LogP contribution in [0.3, 0.4) is 0 Å². The molecule has 5 aliphatic heterocycles. The molecule has 0 spiro atoms. The van der Waals surface area contributed by atoms with E-state index in [1.807, 2.05) is 107 Å². The van der Waals surface area contributed by atoms with Crippen molar-refractivity contribution in [2.24, 2.45) is 0 Å². The summed E-state index contributed by atoms with van der Waals surface area (Å²) in [6, 6.07) is 40.0. The lowest BCUT2D eigenvalue weighted by atomic mass is 9.81. The highest BCUT2D eigenvalue weighted by atomic mass is 32.2. The summed E-state index contributed by atoms with van der Waals surface area (Å²) in [6.07, 6.45) is 26.9. The third-order valence-corrected chi connectivity index (χ3v) is 26.7. The third-order valence-electron chi connectivity index (χ3n) is 24.1. The highest BCUT2D eigenvalue weighted by Gasteiger charge is 2.34. The molecule has 4 saturated heterocycles. The lowest BCUT2D eigenvalue weighted by molar-refractivity contribution is -0.122. The van der Waals surface area contributed by atoms with Gasteiger partial charge in [-0.1, -0.05) is 75.0 Å². The van der Waals surface area contributed by atoms with Gasteiger partial charge in [-0.15, -0.1) is 13.2 Å². The Hall–Kier alpha value is -10.5. The molecule has 24 nitrogen and oxygen atoms in total. The Kier molecular flexibility index (Phi) is 27.4. The number of carbonyl (C=O) groups excluding carboxylic acids is 6. The van der Waals surface area contributed by atoms with Gasteiger partial charge in [0.05, 0.1) is 34.9 Å². The molecule has 0 unspecified atom stereocenters. The molecular formula is C92H112N12O12S2. The minimum atomic E-state index is -3.28. The molecule has 8 aromatic rings. The van der Waals surface area contributed by atoms with E-state index in [-0.39, 0.29) is 61.7 Å². The minimum absolute atomic E-state index is 0.0715. The summed E-state index contributed by atoms with van der Waals surface area (Å²) < 4.78 is 69.2. The predicted octanol–water partition coefficient (Wildman–Crippen LogP) is 13.5. The second-order valence-corrected chi connectivity index (χ2v) is 36.1. The Morgan fingerprint density at radius 1 is 0.508 bits per heavy atom. The van der Waals surface area contributed by atoms with Gasteiger partial charge in [0.25, 0.3) is 11.8 Å². The average molecular weight is 1640 g/mol. The third kappa shape index (κ3) is 19.9. The number of fused-ring (bicyclic) bond motifs is 2. The van der Waals surface area contributed by atoms with Gasteiger partial charge < -0.3 is 59.5 Å². The molecule has 2 aliphatic carbocycles. The van der Waals surface area contributed by atoms with Gasteiger partial charge in [-0.25, -0.2) is 16.8 Å². The van der Waals surface area contributed by atoms with E-state index in [0.29, 0.717) is 152 Å². The van der Waals surface area contributed by atoms with Crippen LogP contribution < -0.4 is 50.3 Å². The number of benzene rings is 6. The first kappa shape index (κ1) is 83.9. The van der Waals surface area contributed by atoms with Crippen LogP contribution in [0.4, 0.5) is 22.7 Å². The van der Waals surface area contributed by atoms with E-state index in [1.54, 1.807) is 12.2 Å². The number of sulfonamides is 2. The number of hydrogen-bond donors (Lipinski definition) is 4. The standard InChI is InChI=1S/C47H58N6O6S.C45H54N6O6S/c1-4-6-23-48-43(54)32-53-42-31-36(47(56)49-24-7-5-2)17-21-40(42)45(34-12-9-8-10-13-34)46(53)35-15-19-39(20-16-35)59-33-37-30-38(52-25-11-14-44(52)55)18-22-41(37)50-26-28-51(29-27-50)60(3,57)58;1-58(55,56)49-26-24-48(25-27-49)39-20-16-36(50-23-9-12-42(50)53)28-35(39)31-57-37-17-13-33(14-18-37)44-43(32-10-5-4-6-11-32)38-19-15-34-29-40(38)51(44)30-41(52)46-21-7-2-3-8-22-47-45(34)54/h4-5,15-22,30-31,34H,1-2,6-14,23-29,32-33H2,3H3,(H,48,54)(H,49,56);2-3,13-20,28-29,32H,4-12,21-27,30-31H2,1H3,(H,46,52)(H,47,54)/b;3-2-. The molecule has 118 heavy (non-hydrogen) atoms. The SMILES string of the molecule is C=CCCNC(=O)Cn1c(-c2ccc(OCc3cc(N4CCCC4=O)ccc3N3CCN(S(C)(=O)=O)CC3)cc2)c(C2CCCCC2)c2ccc(C(=O)NCCC=C)cc21.CS(=O)(=O)N1CCN(c2ccc(N3CCCC3=O)cc2COc2ccc(-c3c(C4CCCCC4)c4ccc5cc4n3CC(=O)NCC/C=C\CCNC5=O)cc2)CC1. The Morgan fingerprint density at radius 3 is 1.48 bits per heavy atom. The van der Waals surface area contributed by atoms with E-state index < -0.39 is 20.0 Å². The highest BCUT2D eigenvalue weighted by Crippen LogP contribution is 2.47.